The fraction of sp³-hybridized carbons (Fsp3) is 0.700. The standard InChI is InChI=1S/C20H29N5O2S/c1-12-7-5-6-8-15(12)22-16(26)9-13-11-28-19-23-17-14(18(27)24(13)19)10-21-25(17)20(2,3)4/h10,12-13,15H,5-9,11H2,1-4H3,(H,22,26). The molecule has 1 amide bonds. The summed E-state index contributed by atoms with van der Waals surface area (Å²) in [5.41, 5.74) is 0.279. The molecule has 3 atom stereocenters. The van der Waals surface area contributed by atoms with Gasteiger partial charge in [0.25, 0.3) is 5.56 Å². The highest BCUT2D eigenvalue weighted by Crippen LogP contribution is 2.34. The number of carbonyl (C=O) groups is 1. The summed E-state index contributed by atoms with van der Waals surface area (Å²) in [7, 11) is 0. The Morgan fingerprint density at radius 3 is 2.79 bits per heavy atom. The number of amides is 1. The number of hydrogen-bond acceptors (Lipinski definition) is 5. The topological polar surface area (TPSA) is 81.8 Å². The third-order valence-corrected chi connectivity index (χ3v) is 6.98. The van der Waals surface area contributed by atoms with Gasteiger partial charge in [-0.15, -0.1) is 0 Å². The number of rotatable bonds is 3. The Bertz CT molecular complexity index is 958. The Morgan fingerprint density at radius 1 is 1.32 bits per heavy atom. The van der Waals surface area contributed by atoms with Crippen LogP contribution >= 0.6 is 11.8 Å². The Hall–Kier alpha value is -1.83. The first-order chi connectivity index (χ1) is 13.3. The average Bonchev–Trinajstić information content (AvgIpc) is 3.22. The molecule has 0 aromatic carbocycles. The molecule has 2 aromatic rings. The molecule has 0 radical (unpaired) electrons. The fourth-order valence-electron chi connectivity index (χ4n) is 4.28. The maximum Gasteiger partial charge on any atom is 0.265 e. The maximum atomic E-state index is 13.1. The molecule has 4 rings (SSSR count). The van der Waals surface area contributed by atoms with Gasteiger partial charge in [-0.25, -0.2) is 9.67 Å². The first kappa shape index (κ1) is 19.5. The van der Waals surface area contributed by atoms with E-state index in [-0.39, 0.29) is 29.1 Å². The van der Waals surface area contributed by atoms with Crippen molar-refractivity contribution in [3.8, 4) is 0 Å². The number of nitrogens with zero attached hydrogens (tertiary/aromatic N) is 4. The Balaban J connectivity index is 1.57. The second-order valence-corrected chi connectivity index (χ2v) is 10.1. The van der Waals surface area contributed by atoms with Crippen LogP contribution in [0.15, 0.2) is 16.1 Å². The highest BCUT2D eigenvalue weighted by molar-refractivity contribution is 7.99. The number of fused-ring (bicyclic) bond motifs is 2. The molecule has 3 heterocycles. The lowest BCUT2D eigenvalue weighted by Crippen LogP contribution is -2.42. The lowest BCUT2D eigenvalue weighted by molar-refractivity contribution is -0.123. The summed E-state index contributed by atoms with van der Waals surface area (Å²) >= 11 is 1.55. The van der Waals surface area contributed by atoms with E-state index in [0.29, 0.717) is 34.3 Å². The number of carbonyl (C=O) groups excluding carboxylic acids is 1. The van der Waals surface area contributed by atoms with Crippen LogP contribution in [0.25, 0.3) is 11.0 Å². The summed E-state index contributed by atoms with van der Waals surface area (Å²) in [6, 6.07) is 0.110. The van der Waals surface area contributed by atoms with Crippen LogP contribution in [0.4, 0.5) is 0 Å². The molecule has 2 aromatic heterocycles. The zero-order chi connectivity index (χ0) is 20.1. The van der Waals surface area contributed by atoms with E-state index in [1.165, 1.54) is 19.3 Å². The molecular weight excluding hydrogens is 374 g/mol. The van der Waals surface area contributed by atoms with E-state index >= 15 is 0 Å². The van der Waals surface area contributed by atoms with Crippen LogP contribution in [-0.2, 0) is 10.3 Å². The van der Waals surface area contributed by atoms with E-state index in [1.807, 2.05) is 20.8 Å². The van der Waals surface area contributed by atoms with Gasteiger partial charge in [0.05, 0.1) is 17.8 Å². The lowest BCUT2D eigenvalue weighted by Gasteiger charge is -2.29. The molecular formula is C20H29N5O2S. The van der Waals surface area contributed by atoms with E-state index in [4.69, 9.17) is 4.98 Å². The zero-order valence-corrected chi connectivity index (χ0v) is 17.9. The van der Waals surface area contributed by atoms with Crippen molar-refractivity contribution >= 4 is 28.7 Å². The second kappa shape index (κ2) is 7.21. The fourth-order valence-corrected chi connectivity index (χ4v) is 5.41. The van der Waals surface area contributed by atoms with Gasteiger partial charge in [-0.1, -0.05) is 31.5 Å². The first-order valence-electron chi connectivity index (χ1n) is 10.2. The van der Waals surface area contributed by atoms with E-state index in [9.17, 15) is 9.59 Å². The van der Waals surface area contributed by atoms with Crippen molar-refractivity contribution in [3.05, 3.63) is 16.6 Å². The molecule has 0 spiro atoms. The highest BCUT2D eigenvalue weighted by Gasteiger charge is 2.31. The number of aromatic nitrogens is 4. The Kier molecular flexibility index (Phi) is 5.02. The lowest BCUT2D eigenvalue weighted by atomic mass is 9.86. The van der Waals surface area contributed by atoms with Gasteiger partial charge >= 0.3 is 0 Å². The van der Waals surface area contributed by atoms with E-state index < -0.39 is 0 Å². The minimum absolute atomic E-state index is 0.0367. The average molecular weight is 404 g/mol. The molecule has 2 aliphatic rings. The molecule has 28 heavy (non-hydrogen) atoms. The molecule has 1 saturated carbocycles. The normalized spacial score (nSPS) is 25.1. The predicted molar refractivity (Wildman–Crippen MR) is 111 cm³/mol. The molecule has 3 unspecified atom stereocenters. The van der Waals surface area contributed by atoms with Crippen molar-refractivity contribution in [1.29, 1.82) is 0 Å². The first-order valence-corrected chi connectivity index (χ1v) is 11.2. The minimum Gasteiger partial charge on any atom is -0.353 e. The van der Waals surface area contributed by atoms with E-state index in [1.54, 1.807) is 27.2 Å². The molecule has 152 valence electrons. The van der Waals surface area contributed by atoms with Gasteiger partial charge in [0.2, 0.25) is 5.91 Å². The van der Waals surface area contributed by atoms with Gasteiger partial charge in [0, 0.05) is 18.2 Å². The second-order valence-electron chi connectivity index (χ2n) is 9.14. The molecule has 1 aliphatic heterocycles. The summed E-state index contributed by atoms with van der Waals surface area (Å²) in [5.74, 6) is 1.26. The van der Waals surface area contributed by atoms with Crippen LogP contribution < -0.4 is 10.9 Å². The summed E-state index contributed by atoms with van der Waals surface area (Å²) < 4.78 is 3.50. The molecule has 0 saturated heterocycles. The molecule has 8 heteroatoms. The van der Waals surface area contributed by atoms with Gasteiger partial charge in [0.1, 0.15) is 5.39 Å². The molecule has 1 N–H and O–H groups in total. The minimum atomic E-state index is -0.251. The Labute approximate surface area is 169 Å². The van der Waals surface area contributed by atoms with Crippen molar-refractivity contribution in [2.24, 2.45) is 5.92 Å². The van der Waals surface area contributed by atoms with Crippen LogP contribution in [0.3, 0.4) is 0 Å². The van der Waals surface area contributed by atoms with Crippen molar-refractivity contribution in [1.82, 2.24) is 24.6 Å². The van der Waals surface area contributed by atoms with E-state index in [0.717, 1.165) is 6.42 Å². The summed E-state index contributed by atoms with van der Waals surface area (Å²) in [4.78, 5) is 30.5. The number of thioether (sulfide) groups is 1. The van der Waals surface area contributed by atoms with Crippen LogP contribution in [0.1, 0.15) is 65.8 Å². The van der Waals surface area contributed by atoms with E-state index in [2.05, 4.69) is 17.3 Å². The van der Waals surface area contributed by atoms with Gasteiger partial charge in [-0.2, -0.15) is 5.10 Å². The van der Waals surface area contributed by atoms with Gasteiger partial charge < -0.3 is 5.32 Å². The number of hydrogen-bond donors (Lipinski definition) is 1. The molecule has 1 aliphatic carbocycles. The van der Waals surface area contributed by atoms with Gasteiger partial charge in [0.15, 0.2) is 10.8 Å². The van der Waals surface area contributed by atoms with Crippen molar-refractivity contribution < 1.29 is 4.79 Å². The maximum absolute atomic E-state index is 13.1. The molecule has 1 fully saturated rings. The number of nitrogens with one attached hydrogen (secondary N) is 1. The summed E-state index contributed by atoms with van der Waals surface area (Å²) in [5, 5.41) is 8.81. The monoisotopic (exact) mass is 403 g/mol. The smallest absolute Gasteiger partial charge is 0.265 e. The van der Waals surface area contributed by atoms with Crippen molar-refractivity contribution in [2.45, 2.75) is 82.6 Å². The van der Waals surface area contributed by atoms with Crippen LogP contribution in [0, 0.1) is 5.92 Å². The Morgan fingerprint density at radius 2 is 2.07 bits per heavy atom. The van der Waals surface area contributed by atoms with Crippen molar-refractivity contribution in [2.75, 3.05) is 5.75 Å². The SMILES string of the molecule is CC1CCCCC1NC(=O)CC1CSc2nc3c(cnn3C(C)(C)C)c(=O)n21. The van der Waals surface area contributed by atoms with Gasteiger partial charge in [-0.05, 0) is 39.5 Å². The van der Waals surface area contributed by atoms with Crippen LogP contribution in [0.2, 0.25) is 0 Å². The summed E-state index contributed by atoms with van der Waals surface area (Å²) in [6.45, 7) is 8.33. The quantitative estimate of drug-likeness (QED) is 0.797. The van der Waals surface area contributed by atoms with Crippen LogP contribution in [0.5, 0.6) is 0 Å². The van der Waals surface area contributed by atoms with Crippen molar-refractivity contribution in [3.63, 3.8) is 0 Å². The van der Waals surface area contributed by atoms with Crippen LogP contribution in [-0.4, -0.2) is 37.0 Å². The highest BCUT2D eigenvalue weighted by atomic mass is 32.2. The largest absolute Gasteiger partial charge is 0.353 e. The third kappa shape index (κ3) is 3.47. The summed E-state index contributed by atoms with van der Waals surface area (Å²) in [6.07, 6.45) is 6.58. The third-order valence-electron chi connectivity index (χ3n) is 5.88. The molecule has 0 bridgehead atoms. The van der Waals surface area contributed by atoms with Gasteiger partial charge in [-0.3, -0.25) is 14.2 Å². The zero-order valence-electron chi connectivity index (χ0n) is 17.1. The molecule has 7 nitrogen and oxygen atoms in total. The predicted octanol–water partition coefficient (Wildman–Crippen LogP) is 3.08.